The Morgan fingerprint density at radius 3 is 2.86 bits per heavy atom. The third kappa shape index (κ3) is 3.84. The quantitative estimate of drug-likeness (QED) is 0.671. The Labute approximate surface area is 123 Å². The van der Waals surface area contributed by atoms with Crippen LogP contribution in [0.4, 0.5) is 5.82 Å². The van der Waals surface area contributed by atoms with Gasteiger partial charge in [0.05, 0.1) is 12.8 Å². The number of hydrogen-bond donors (Lipinski definition) is 1. The largest absolute Gasteiger partial charge is 0.380 e. The molecular weight excluding hydrogens is 266 g/mol. The second-order valence-corrected chi connectivity index (χ2v) is 4.34. The molecule has 106 valence electrons. The zero-order chi connectivity index (χ0) is 15.1. The van der Waals surface area contributed by atoms with Gasteiger partial charge in [-0.25, -0.2) is 4.98 Å². The molecule has 2 aromatic heterocycles. The van der Waals surface area contributed by atoms with Gasteiger partial charge >= 0.3 is 0 Å². The van der Waals surface area contributed by atoms with E-state index in [4.69, 9.17) is 4.74 Å². The van der Waals surface area contributed by atoms with Crippen molar-refractivity contribution in [3.63, 3.8) is 0 Å². The zero-order valence-electron chi connectivity index (χ0n) is 11.9. The predicted molar refractivity (Wildman–Crippen MR) is 79.9 cm³/mol. The molecule has 0 radical (unpaired) electrons. The van der Waals surface area contributed by atoms with Gasteiger partial charge in [-0.2, -0.15) is 10.4 Å². The Kier molecular flexibility index (Phi) is 4.96. The van der Waals surface area contributed by atoms with Gasteiger partial charge in [-0.1, -0.05) is 0 Å². The number of pyridine rings is 2. The van der Waals surface area contributed by atoms with Gasteiger partial charge in [-0.3, -0.25) is 10.4 Å². The lowest BCUT2D eigenvalue weighted by Gasteiger charge is -2.09. The smallest absolute Gasteiger partial charge is 0.164 e. The molecule has 0 amide bonds. The van der Waals surface area contributed by atoms with Gasteiger partial charge in [0.1, 0.15) is 11.6 Å². The maximum Gasteiger partial charge on any atom is 0.164 e. The van der Waals surface area contributed by atoms with E-state index in [1.807, 2.05) is 25.1 Å². The third-order valence-electron chi connectivity index (χ3n) is 2.73. The van der Waals surface area contributed by atoms with E-state index in [2.05, 4.69) is 26.6 Å². The van der Waals surface area contributed by atoms with Crippen LogP contribution in [0.3, 0.4) is 0 Å². The van der Waals surface area contributed by atoms with Crippen LogP contribution in [0.1, 0.15) is 22.4 Å². The Morgan fingerprint density at radius 1 is 1.43 bits per heavy atom. The molecule has 0 aliphatic carbocycles. The topological polar surface area (TPSA) is 83.2 Å². The minimum atomic E-state index is 0.356. The summed E-state index contributed by atoms with van der Waals surface area (Å²) in [6.07, 6.45) is 5.01. The van der Waals surface area contributed by atoms with Crippen LogP contribution < -0.4 is 5.43 Å². The molecule has 2 heterocycles. The highest BCUT2D eigenvalue weighted by molar-refractivity contribution is 5.79. The molecule has 0 spiro atoms. The molecule has 2 aromatic rings. The summed E-state index contributed by atoms with van der Waals surface area (Å²) in [5, 5.41) is 13.4. The van der Waals surface area contributed by atoms with Crippen molar-refractivity contribution >= 4 is 12.0 Å². The Balaban J connectivity index is 2.23. The van der Waals surface area contributed by atoms with Crippen LogP contribution in [0.15, 0.2) is 35.7 Å². The van der Waals surface area contributed by atoms with Gasteiger partial charge in [-0.05, 0) is 30.7 Å². The van der Waals surface area contributed by atoms with Crippen LogP contribution in [-0.2, 0) is 11.3 Å². The van der Waals surface area contributed by atoms with Crippen molar-refractivity contribution in [2.24, 2.45) is 5.10 Å². The summed E-state index contributed by atoms with van der Waals surface area (Å²) < 4.78 is 5.10. The Hall–Kier alpha value is -2.78. The minimum Gasteiger partial charge on any atom is -0.380 e. The van der Waals surface area contributed by atoms with Crippen molar-refractivity contribution in [3.8, 4) is 6.07 Å². The summed E-state index contributed by atoms with van der Waals surface area (Å²) >= 11 is 0. The standard InChI is InChI=1S/C15H15N5O/c1-11-7-13(10-21-2)14(8-16)15(19-11)20-18-9-12-3-5-17-6-4-12/h3-7,9H,10H2,1-2H3,(H,19,20)/b18-9+. The molecule has 0 aliphatic rings. The molecule has 0 aromatic carbocycles. The lowest BCUT2D eigenvalue weighted by molar-refractivity contribution is 0.184. The normalized spacial score (nSPS) is 10.5. The fourth-order valence-corrected chi connectivity index (χ4v) is 1.83. The summed E-state index contributed by atoms with van der Waals surface area (Å²) in [7, 11) is 1.59. The average Bonchev–Trinajstić information content (AvgIpc) is 2.48. The number of anilines is 1. The lowest BCUT2D eigenvalue weighted by Crippen LogP contribution is -2.03. The summed E-state index contributed by atoms with van der Waals surface area (Å²) in [5.74, 6) is 0.426. The van der Waals surface area contributed by atoms with Crippen LogP contribution in [0.25, 0.3) is 0 Å². The molecule has 0 saturated heterocycles. The van der Waals surface area contributed by atoms with Crippen molar-refractivity contribution in [2.75, 3.05) is 12.5 Å². The number of nitrogens with zero attached hydrogens (tertiary/aromatic N) is 4. The minimum absolute atomic E-state index is 0.356. The van der Waals surface area contributed by atoms with Gasteiger partial charge < -0.3 is 4.74 Å². The van der Waals surface area contributed by atoms with Gasteiger partial charge in [-0.15, -0.1) is 0 Å². The van der Waals surface area contributed by atoms with Crippen molar-refractivity contribution in [1.82, 2.24) is 9.97 Å². The van der Waals surface area contributed by atoms with E-state index >= 15 is 0 Å². The number of rotatable bonds is 5. The first kappa shape index (κ1) is 14.6. The van der Waals surface area contributed by atoms with E-state index in [1.165, 1.54) is 0 Å². The number of aromatic nitrogens is 2. The van der Waals surface area contributed by atoms with Crippen LogP contribution in [0.2, 0.25) is 0 Å². The highest BCUT2D eigenvalue weighted by Gasteiger charge is 2.10. The van der Waals surface area contributed by atoms with Crippen LogP contribution in [0, 0.1) is 18.3 Å². The Morgan fingerprint density at radius 2 is 2.19 bits per heavy atom. The van der Waals surface area contributed by atoms with Crippen molar-refractivity contribution < 1.29 is 4.74 Å². The molecule has 0 fully saturated rings. The summed E-state index contributed by atoms with van der Waals surface area (Å²) in [6, 6.07) is 7.63. The lowest BCUT2D eigenvalue weighted by atomic mass is 10.1. The molecule has 0 bridgehead atoms. The third-order valence-corrected chi connectivity index (χ3v) is 2.73. The molecular formula is C15H15N5O. The number of hydrogen-bond acceptors (Lipinski definition) is 6. The van der Waals surface area contributed by atoms with Crippen molar-refractivity contribution in [3.05, 3.63) is 53.0 Å². The monoisotopic (exact) mass is 281 g/mol. The second kappa shape index (κ2) is 7.12. The fraction of sp³-hybridized carbons (Fsp3) is 0.200. The van der Waals surface area contributed by atoms with E-state index in [0.29, 0.717) is 18.0 Å². The van der Waals surface area contributed by atoms with E-state index in [-0.39, 0.29) is 0 Å². The van der Waals surface area contributed by atoms with Gasteiger partial charge in [0.25, 0.3) is 0 Å². The van der Waals surface area contributed by atoms with Crippen LogP contribution in [-0.4, -0.2) is 23.3 Å². The molecule has 1 N–H and O–H groups in total. The number of aryl methyl sites for hydroxylation is 1. The summed E-state index contributed by atoms with van der Waals surface area (Å²) in [4.78, 5) is 8.23. The maximum atomic E-state index is 9.29. The summed E-state index contributed by atoms with van der Waals surface area (Å²) in [6.45, 7) is 2.22. The van der Waals surface area contributed by atoms with Crippen LogP contribution in [0.5, 0.6) is 0 Å². The molecule has 0 unspecified atom stereocenters. The van der Waals surface area contributed by atoms with Gasteiger partial charge in [0.2, 0.25) is 0 Å². The first-order chi connectivity index (χ1) is 10.2. The SMILES string of the molecule is COCc1cc(C)nc(N/N=C/c2ccncc2)c1C#N. The van der Waals surface area contributed by atoms with Gasteiger partial charge in [0, 0.05) is 30.8 Å². The fourth-order valence-electron chi connectivity index (χ4n) is 1.83. The van der Waals surface area contributed by atoms with E-state index in [0.717, 1.165) is 16.8 Å². The van der Waals surface area contributed by atoms with E-state index < -0.39 is 0 Å². The highest BCUT2D eigenvalue weighted by atomic mass is 16.5. The number of methoxy groups -OCH3 is 1. The highest BCUT2D eigenvalue weighted by Crippen LogP contribution is 2.19. The number of ether oxygens (including phenoxy) is 1. The first-order valence-corrected chi connectivity index (χ1v) is 6.33. The second-order valence-electron chi connectivity index (χ2n) is 4.34. The molecule has 6 nitrogen and oxygen atoms in total. The number of hydrazone groups is 1. The molecule has 21 heavy (non-hydrogen) atoms. The maximum absolute atomic E-state index is 9.29. The first-order valence-electron chi connectivity index (χ1n) is 6.33. The zero-order valence-corrected chi connectivity index (χ0v) is 11.9. The number of nitriles is 1. The average molecular weight is 281 g/mol. The van der Waals surface area contributed by atoms with Crippen molar-refractivity contribution in [2.45, 2.75) is 13.5 Å². The van der Waals surface area contributed by atoms with Crippen LogP contribution >= 0.6 is 0 Å². The summed E-state index contributed by atoms with van der Waals surface area (Å²) in [5.41, 5.74) is 5.74. The van der Waals surface area contributed by atoms with E-state index in [9.17, 15) is 5.26 Å². The van der Waals surface area contributed by atoms with Crippen molar-refractivity contribution in [1.29, 1.82) is 5.26 Å². The molecule has 0 saturated carbocycles. The predicted octanol–water partition coefficient (Wildman–Crippen LogP) is 2.25. The Bertz CT molecular complexity index is 676. The number of nitrogens with one attached hydrogen (secondary N) is 1. The molecule has 2 rings (SSSR count). The van der Waals surface area contributed by atoms with Gasteiger partial charge in [0.15, 0.2) is 5.82 Å². The molecule has 0 atom stereocenters. The molecule has 0 aliphatic heterocycles. The van der Waals surface area contributed by atoms with E-state index in [1.54, 1.807) is 25.7 Å². The molecule has 6 heteroatoms.